The van der Waals surface area contributed by atoms with Gasteiger partial charge in [0.15, 0.2) is 0 Å². The van der Waals surface area contributed by atoms with E-state index in [-0.39, 0.29) is 17.4 Å². The summed E-state index contributed by atoms with van der Waals surface area (Å²) in [7, 11) is 0. The Kier molecular flexibility index (Phi) is 4.90. The van der Waals surface area contributed by atoms with E-state index in [1.165, 1.54) is 18.3 Å². The molecule has 4 nitrogen and oxygen atoms in total. The zero-order valence-corrected chi connectivity index (χ0v) is 13.5. The topological polar surface area (TPSA) is 54.0 Å². The molecule has 0 fully saturated rings. The number of halogens is 3. The summed E-state index contributed by atoms with van der Waals surface area (Å²) in [6, 6.07) is 13.1. The molecule has 0 aliphatic carbocycles. The Morgan fingerprint density at radius 3 is 2.24 bits per heavy atom. The first-order valence-corrected chi connectivity index (χ1v) is 7.65. The van der Waals surface area contributed by atoms with Crippen molar-refractivity contribution in [1.29, 1.82) is 0 Å². The predicted octanol–water partition coefficient (Wildman–Crippen LogP) is 5.01. The Bertz CT molecular complexity index is 879. The molecule has 3 aromatic rings. The number of nitrogens with one attached hydrogen (secondary N) is 2. The van der Waals surface area contributed by atoms with E-state index in [4.69, 9.17) is 11.6 Å². The largest absolute Gasteiger partial charge is 0.335 e. The minimum Gasteiger partial charge on any atom is -0.335 e. The molecule has 1 aromatic heterocycles. The molecule has 0 unspecified atom stereocenters. The van der Waals surface area contributed by atoms with Gasteiger partial charge in [0.25, 0.3) is 5.91 Å². The smallest absolute Gasteiger partial charge is 0.255 e. The predicted molar refractivity (Wildman–Crippen MR) is 93.3 cm³/mol. The molecule has 25 heavy (non-hydrogen) atoms. The number of hydrogen-bond acceptors (Lipinski definition) is 3. The maximum atomic E-state index is 13.6. The van der Waals surface area contributed by atoms with Crippen molar-refractivity contribution in [2.24, 2.45) is 0 Å². The Morgan fingerprint density at radius 1 is 0.960 bits per heavy atom. The Morgan fingerprint density at radius 2 is 1.64 bits per heavy atom. The molecular weight excluding hydrogens is 348 g/mol. The van der Waals surface area contributed by atoms with Crippen molar-refractivity contribution in [2.45, 2.75) is 0 Å². The monoisotopic (exact) mass is 359 g/mol. The number of carbonyl (C=O) groups is 1. The van der Waals surface area contributed by atoms with Gasteiger partial charge in [-0.15, -0.1) is 0 Å². The van der Waals surface area contributed by atoms with Crippen LogP contribution in [0.5, 0.6) is 0 Å². The van der Waals surface area contributed by atoms with Crippen LogP contribution in [0.1, 0.15) is 10.4 Å². The molecule has 2 N–H and O–H groups in total. The Balaban J connectivity index is 1.70. The molecule has 0 saturated heterocycles. The second-order valence-electron chi connectivity index (χ2n) is 5.11. The molecule has 1 heterocycles. The first-order valence-electron chi connectivity index (χ1n) is 7.27. The fourth-order valence-corrected chi connectivity index (χ4v) is 2.22. The normalized spacial score (nSPS) is 10.4. The maximum Gasteiger partial charge on any atom is 0.255 e. The standard InChI is InChI=1S/C18H12ClF2N3O/c19-12-6-4-11(5-7-12)18(25)23-13-8-9-16(22-10-13)24-17-14(20)2-1-3-15(17)21/h1-10H,(H,22,24)(H,23,25). The number of nitrogens with zero attached hydrogens (tertiary/aromatic N) is 1. The lowest BCUT2D eigenvalue weighted by Gasteiger charge is -2.09. The summed E-state index contributed by atoms with van der Waals surface area (Å²) >= 11 is 5.78. The SMILES string of the molecule is O=C(Nc1ccc(Nc2c(F)cccc2F)nc1)c1ccc(Cl)cc1. The van der Waals surface area contributed by atoms with Crippen LogP contribution in [0.25, 0.3) is 0 Å². The summed E-state index contributed by atoms with van der Waals surface area (Å²) in [5.74, 6) is -1.52. The lowest BCUT2D eigenvalue weighted by Crippen LogP contribution is -2.12. The third kappa shape index (κ3) is 4.10. The molecule has 1 amide bonds. The number of amides is 1. The third-order valence-corrected chi connectivity index (χ3v) is 3.60. The van der Waals surface area contributed by atoms with Crippen LogP contribution in [-0.2, 0) is 0 Å². The number of pyridine rings is 1. The average molecular weight is 360 g/mol. The summed E-state index contributed by atoms with van der Waals surface area (Å²) in [5.41, 5.74) is 0.604. The number of para-hydroxylation sites is 1. The zero-order valence-electron chi connectivity index (χ0n) is 12.8. The van der Waals surface area contributed by atoms with Gasteiger partial charge in [0, 0.05) is 10.6 Å². The minimum atomic E-state index is -0.720. The van der Waals surface area contributed by atoms with Gasteiger partial charge in [-0.2, -0.15) is 0 Å². The van der Waals surface area contributed by atoms with E-state index in [0.717, 1.165) is 12.1 Å². The fourth-order valence-electron chi connectivity index (χ4n) is 2.09. The lowest BCUT2D eigenvalue weighted by molar-refractivity contribution is 0.102. The molecule has 0 aliphatic heterocycles. The van der Waals surface area contributed by atoms with Crippen molar-refractivity contribution in [1.82, 2.24) is 4.98 Å². The fraction of sp³-hybridized carbons (Fsp3) is 0. The molecule has 0 spiro atoms. The van der Waals surface area contributed by atoms with Crippen LogP contribution in [0.3, 0.4) is 0 Å². The highest BCUT2D eigenvalue weighted by Crippen LogP contribution is 2.22. The zero-order chi connectivity index (χ0) is 17.8. The summed E-state index contributed by atoms with van der Waals surface area (Å²) in [6.45, 7) is 0. The van der Waals surface area contributed by atoms with Crippen LogP contribution in [0.2, 0.25) is 5.02 Å². The summed E-state index contributed by atoms with van der Waals surface area (Å²) in [5, 5.41) is 5.78. The molecule has 0 aliphatic rings. The van der Waals surface area contributed by atoms with Crippen molar-refractivity contribution >= 4 is 34.7 Å². The molecule has 0 saturated carbocycles. The molecule has 0 atom stereocenters. The number of anilines is 3. The van der Waals surface area contributed by atoms with Crippen molar-refractivity contribution in [3.63, 3.8) is 0 Å². The molecule has 0 radical (unpaired) electrons. The van der Waals surface area contributed by atoms with Gasteiger partial charge in [0.1, 0.15) is 23.1 Å². The van der Waals surface area contributed by atoms with Crippen LogP contribution in [0, 0.1) is 11.6 Å². The lowest BCUT2D eigenvalue weighted by atomic mass is 10.2. The second-order valence-corrected chi connectivity index (χ2v) is 5.55. The molecule has 7 heteroatoms. The van der Waals surface area contributed by atoms with E-state index in [1.54, 1.807) is 30.3 Å². The highest BCUT2D eigenvalue weighted by Gasteiger charge is 2.10. The van der Waals surface area contributed by atoms with E-state index in [1.807, 2.05) is 0 Å². The molecule has 0 bridgehead atoms. The summed E-state index contributed by atoms with van der Waals surface area (Å²) < 4.78 is 27.2. The average Bonchev–Trinajstić information content (AvgIpc) is 2.60. The summed E-state index contributed by atoms with van der Waals surface area (Å²) in [6.07, 6.45) is 1.38. The highest BCUT2D eigenvalue weighted by molar-refractivity contribution is 6.30. The van der Waals surface area contributed by atoms with Crippen LogP contribution >= 0.6 is 11.6 Å². The van der Waals surface area contributed by atoms with Gasteiger partial charge < -0.3 is 10.6 Å². The Labute approximate surface area is 147 Å². The Hall–Kier alpha value is -2.99. The van der Waals surface area contributed by atoms with E-state index in [9.17, 15) is 13.6 Å². The van der Waals surface area contributed by atoms with E-state index < -0.39 is 11.6 Å². The number of hydrogen-bond donors (Lipinski definition) is 2. The van der Waals surface area contributed by atoms with Gasteiger partial charge in [0.2, 0.25) is 0 Å². The maximum absolute atomic E-state index is 13.6. The van der Waals surface area contributed by atoms with Crippen molar-refractivity contribution in [2.75, 3.05) is 10.6 Å². The second kappa shape index (κ2) is 7.27. The summed E-state index contributed by atoms with van der Waals surface area (Å²) in [4.78, 5) is 16.1. The minimum absolute atomic E-state index is 0.244. The van der Waals surface area contributed by atoms with E-state index >= 15 is 0 Å². The van der Waals surface area contributed by atoms with Crippen molar-refractivity contribution < 1.29 is 13.6 Å². The quantitative estimate of drug-likeness (QED) is 0.688. The van der Waals surface area contributed by atoms with E-state index in [2.05, 4.69) is 15.6 Å². The van der Waals surface area contributed by atoms with Gasteiger partial charge >= 0.3 is 0 Å². The van der Waals surface area contributed by atoms with Gasteiger partial charge in [-0.05, 0) is 48.5 Å². The number of benzene rings is 2. The van der Waals surface area contributed by atoms with Crippen molar-refractivity contribution in [3.05, 3.63) is 83.0 Å². The van der Waals surface area contributed by atoms with Gasteiger partial charge in [0.05, 0.1) is 11.9 Å². The molecule has 126 valence electrons. The van der Waals surface area contributed by atoms with Crippen LogP contribution in [-0.4, -0.2) is 10.9 Å². The first-order chi connectivity index (χ1) is 12.0. The van der Waals surface area contributed by atoms with Gasteiger partial charge in [-0.1, -0.05) is 17.7 Å². The first kappa shape index (κ1) is 16.9. The van der Waals surface area contributed by atoms with Crippen LogP contribution in [0.4, 0.5) is 26.0 Å². The highest BCUT2D eigenvalue weighted by atomic mass is 35.5. The number of carbonyl (C=O) groups excluding carboxylic acids is 1. The number of aromatic nitrogens is 1. The molecule has 2 aromatic carbocycles. The van der Waals surface area contributed by atoms with Crippen LogP contribution in [0.15, 0.2) is 60.8 Å². The van der Waals surface area contributed by atoms with Crippen molar-refractivity contribution in [3.8, 4) is 0 Å². The van der Waals surface area contributed by atoms with Crippen LogP contribution < -0.4 is 10.6 Å². The van der Waals surface area contributed by atoms with Gasteiger partial charge in [-0.25, -0.2) is 13.8 Å². The number of rotatable bonds is 4. The van der Waals surface area contributed by atoms with Gasteiger partial charge in [-0.3, -0.25) is 4.79 Å². The van der Waals surface area contributed by atoms with E-state index in [0.29, 0.717) is 16.3 Å². The molecule has 3 rings (SSSR count). The molecular formula is C18H12ClF2N3O. The third-order valence-electron chi connectivity index (χ3n) is 3.34.